The summed E-state index contributed by atoms with van der Waals surface area (Å²) in [5, 5.41) is 4.09. The quantitative estimate of drug-likeness (QED) is 0.924. The molecule has 0 amide bonds. The maximum absolute atomic E-state index is 6.15. The summed E-state index contributed by atoms with van der Waals surface area (Å²) >= 11 is 6.15. The lowest BCUT2D eigenvalue weighted by Gasteiger charge is -2.27. The van der Waals surface area contributed by atoms with Gasteiger partial charge in [-0.05, 0) is 43.9 Å². The zero-order valence-corrected chi connectivity index (χ0v) is 12.9. The molecule has 0 atom stereocenters. The molecule has 21 heavy (non-hydrogen) atoms. The van der Waals surface area contributed by atoms with Crippen LogP contribution >= 0.6 is 11.6 Å². The number of hydrogen-bond acceptors (Lipinski definition) is 4. The third kappa shape index (κ3) is 3.27. The van der Waals surface area contributed by atoms with E-state index in [1.54, 1.807) is 6.33 Å². The highest BCUT2D eigenvalue weighted by atomic mass is 35.5. The third-order valence-electron chi connectivity index (χ3n) is 3.86. The molecule has 1 aliphatic rings. The van der Waals surface area contributed by atoms with E-state index in [1.807, 2.05) is 31.2 Å². The molecule has 0 saturated carbocycles. The molecule has 4 nitrogen and oxygen atoms in total. The molecule has 2 heterocycles. The molecule has 3 rings (SSSR count). The van der Waals surface area contributed by atoms with E-state index >= 15 is 0 Å². The van der Waals surface area contributed by atoms with Gasteiger partial charge in [-0.2, -0.15) is 0 Å². The van der Waals surface area contributed by atoms with Crippen molar-refractivity contribution in [3.8, 4) is 0 Å². The third-order valence-corrected chi connectivity index (χ3v) is 4.27. The Hall–Kier alpha value is -1.81. The van der Waals surface area contributed by atoms with Crippen LogP contribution in [0.5, 0.6) is 0 Å². The van der Waals surface area contributed by atoms with Crippen LogP contribution in [0.2, 0.25) is 5.02 Å². The van der Waals surface area contributed by atoms with E-state index in [4.69, 9.17) is 11.6 Å². The summed E-state index contributed by atoms with van der Waals surface area (Å²) in [6.45, 7) is 4.15. The molecule has 0 radical (unpaired) electrons. The Balaban J connectivity index is 1.81. The van der Waals surface area contributed by atoms with Crippen molar-refractivity contribution < 1.29 is 0 Å². The molecule has 110 valence electrons. The van der Waals surface area contributed by atoms with Gasteiger partial charge in [0.15, 0.2) is 0 Å². The van der Waals surface area contributed by atoms with Gasteiger partial charge in [-0.3, -0.25) is 0 Å². The van der Waals surface area contributed by atoms with Crippen LogP contribution in [0.3, 0.4) is 0 Å². The second kappa shape index (κ2) is 6.31. The lowest BCUT2D eigenvalue weighted by atomic mass is 10.1. The molecule has 0 spiro atoms. The summed E-state index contributed by atoms with van der Waals surface area (Å²) in [6.07, 6.45) is 5.40. The van der Waals surface area contributed by atoms with Crippen LogP contribution in [-0.4, -0.2) is 23.1 Å². The van der Waals surface area contributed by atoms with Crippen LogP contribution in [0.25, 0.3) is 0 Å². The van der Waals surface area contributed by atoms with E-state index in [2.05, 4.69) is 20.2 Å². The van der Waals surface area contributed by atoms with Gasteiger partial charge in [0.05, 0.1) is 0 Å². The molecule has 0 aliphatic carbocycles. The number of anilines is 3. The minimum Gasteiger partial charge on any atom is -0.356 e. The first-order valence-electron chi connectivity index (χ1n) is 7.33. The van der Waals surface area contributed by atoms with Crippen molar-refractivity contribution in [3.05, 3.63) is 41.2 Å². The predicted octanol–water partition coefficient (Wildman–Crippen LogP) is 4.17. The zero-order chi connectivity index (χ0) is 14.7. The Labute approximate surface area is 130 Å². The average molecular weight is 303 g/mol. The number of hydrogen-bond donors (Lipinski definition) is 1. The second-order valence-corrected chi connectivity index (χ2v) is 5.75. The fraction of sp³-hybridized carbons (Fsp3) is 0.375. The first-order chi connectivity index (χ1) is 10.2. The average Bonchev–Trinajstić information content (AvgIpc) is 2.53. The molecule has 1 aliphatic heterocycles. The monoisotopic (exact) mass is 302 g/mol. The van der Waals surface area contributed by atoms with Gasteiger partial charge in [0.2, 0.25) is 0 Å². The maximum atomic E-state index is 6.15. The highest BCUT2D eigenvalue weighted by Crippen LogP contribution is 2.26. The van der Waals surface area contributed by atoms with E-state index in [9.17, 15) is 0 Å². The normalized spacial score (nSPS) is 15.0. The van der Waals surface area contributed by atoms with Crippen LogP contribution in [0, 0.1) is 6.92 Å². The topological polar surface area (TPSA) is 41.0 Å². The number of halogens is 1. The molecule has 1 aromatic heterocycles. The molecular formula is C16H19ClN4. The largest absolute Gasteiger partial charge is 0.356 e. The van der Waals surface area contributed by atoms with Crippen LogP contribution < -0.4 is 10.2 Å². The molecule has 0 unspecified atom stereocenters. The summed E-state index contributed by atoms with van der Waals surface area (Å²) in [5.74, 6) is 1.79. The van der Waals surface area contributed by atoms with Gasteiger partial charge in [-0.1, -0.05) is 17.7 Å². The Bertz CT molecular complexity index is 623. The minimum atomic E-state index is 0.755. The highest BCUT2D eigenvalue weighted by Gasteiger charge is 2.13. The van der Waals surface area contributed by atoms with Crippen LogP contribution in [0.4, 0.5) is 17.3 Å². The second-order valence-electron chi connectivity index (χ2n) is 5.35. The Morgan fingerprint density at radius 2 is 1.95 bits per heavy atom. The molecule has 1 saturated heterocycles. The Morgan fingerprint density at radius 1 is 1.14 bits per heavy atom. The molecule has 2 aromatic rings. The molecule has 1 aromatic carbocycles. The number of nitrogens with zero attached hydrogens (tertiary/aromatic N) is 3. The number of piperidine rings is 1. The first-order valence-corrected chi connectivity index (χ1v) is 7.71. The van der Waals surface area contributed by atoms with Gasteiger partial charge >= 0.3 is 0 Å². The lowest BCUT2D eigenvalue weighted by molar-refractivity contribution is 0.573. The summed E-state index contributed by atoms with van der Waals surface area (Å²) in [5.41, 5.74) is 2.00. The summed E-state index contributed by atoms with van der Waals surface area (Å²) < 4.78 is 0. The van der Waals surface area contributed by atoms with Crippen LogP contribution in [0.15, 0.2) is 30.6 Å². The number of benzene rings is 1. The van der Waals surface area contributed by atoms with Gasteiger partial charge in [0.1, 0.15) is 18.0 Å². The van der Waals surface area contributed by atoms with Crippen molar-refractivity contribution in [3.63, 3.8) is 0 Å². The maximum Gasteiger partial charge on any atom is 0.135 e. The van der Waals surface area contributed by atoms with Crippen molar-refractivity contribution in [1.29, 1.82) is 0 Å². The van der Waals surface area contributed by atoms with Crippen molar-refractivity contribution >= 4 is 28.9 Å². The predicted molar refractivity (Wildman–Crippen MR) is 87.6 cm³/mol. The van der Waals surface area contributed by atoms with Crippen molar-refractivity contribution in [2.45, 2.75) is 26.2 Å². The van der Waals surface area contributed by atoms with E-state index < -0.39 is 0 Å². The zero-order valence-electron chi connectivity index (χ0n) is 12.1. The van der Waals surface area contributed by atoms with Gasteiger partial charge in [-0.15, -0.1) is 0 Å². The molecule has 0 bridgehead atoms. The fourth-order valence-corrected chi connectivity index (χ4v) is 2.77. The number of rotatable bonds is 3. The van der Waals surface area contributed by atoms with E-state index in [0.29, 0.717) is 0 Å². The van der Waals surface area contributed by atoms with Crippen molar-refractivity contribution in [2.24, 2.45) is 0 Å². The van der Waals surface area contributed by atoms with Gasteiger partial charge in [-0.25, -0.2) is 9.97 Å². The molecule has 1 fully saturated rings. The van der Waals surface area contributed by atoms with Crippen LogP contribution in [0.1, 0.15) is 24.8 Å². The van der Waals surface area contributed by atoms with Gasteiger partial charge < -0.3 is 10.2 Å². The molecule has 5 heteroatoms. The number of nitrogens with one attached hydrogen (secondary N) is 1. The smallest absolute Gasteiger partial charge is 0.135 e. The summed E-state index contributed by atoms with van der Waals surface area (Å²) in [6, 6.07) is 7.83. The van der Waals surface area contributed by atoms with E-state index in [0.717, 1.165) is 41.0 Å². The summed E-state index contributed by atoms with van der Waals surface area (Å²) in [4.78, 5) is 11.0. The van der Waals surface area contributed by atoms with Gasteiger partial charge in [0.25, 0.3) is 0 Å². The minimum absolute atomic E-state index is 0.755. The lowest BCUT2D eigenvalue weighted by Crippen LogP contribution is -2.30. The molecular weight excluding hydrogens is 284 g/mol. The van der Waals surface area contributed by atoms with E-state index in [1.165, 1.54) is 19.3 Å². The Morgan fingerprint density at radius 3 is 2.76 bits per heavy atom. The Kier molecular flexibility index (Phi) is 4.25. The van der Waals surface area contributed by atoms with Gasteiger partial charge in [0, 0.05) is 29.9 Å². The van der Waals surface area contributed by atoms with Crippen LogP contribution in [-0.2, 0) is 0 Å². The van der Waals surface area contributed by atoms with Crippen molar-refractivity contribution in [2.75, 3.05) is 23.3 Å². The SMILES string of the molecule is Cc1c(Cl)cccc1Nc1cc(N2CCCCC2)ncn1. The first kappa shape index (κ1) is 14.1. The number of aromatic nitrogens is 2. The van der Waals surface area contributed by atoms with E-state index in [-0.39, 0.29) is 0 Å². The van der Waals surface area contributed by atoms with Crippen molar-refractivity contribution in [1.82, 2.24) is 9.97 Å². The highest BCUT2D eigenvalue weighted by molar-refractivity contribution is 6.31. The standard InChI is InChI=1S/C16H19ClN4/c1-12-13(17)6-5-7-14(12)20-15-10-16(19-11-18-15)21-8-3-2-4-9-21/h5-7,10-11H,2-4,8-9H2,1H3,(H,18,19,20). The molecule has 1 N–H and O–H groups in total. The fourth-order valence-electron chi connectivity index (χ4n) is 2.59. The summed E-state index contributed by atoms with van der Waals surface area (Å²) in [7, 11) is 0.